The van der Waals surface area contributed by atoms with Crippen LogP contribution >= 0.6 is 0 Å². The van der Waals surface area contributed by atoms with Gasteiger partial charge < -0.3 is 15.4 Å². The second-order valence-electron chi connectivity index (χ2n) is 6.93. The van der Waals surface area contributed by atoms with E-state index in [0.717, 1.165) is 46.0 Å². The first-order valence-electron chi connectivity index (χ1n) is 8.43. The minimum absolute atomic E-state index is 0.221. The van der Waals surface area contributed by atoms with Crippen molar-refractivity contribution < 1.29 is 5.11 Å². The van der Waals surface area contributed by atoms with Crippen LogP contribution in [0.3, 0.4) is 0 Å². The van der Waals surface area contributed by atoms with Gasteiger partial charge in [0.15, 0.2) is 0 Å². The predicted octanol–water partition coefficient (Wildman–Crippen LogP) is 3.47. The smallest absolute Gasteiger partial charge is 0.0994 e. The maximum Gasteiger partial charge on any atom is 0.0994 e. The Balaban J connectivity index is 2.00. The molecule has 0 amide bonds. The van der Waals surface area contributed by atoms with E-state index < -0.39 is 0 Å². The molecule has 126 valence electrons. The number of nitrogens with zero attached hydrogens (tertiary/aromatic N) is 3. The van der Waals surface area contributed by atoms with E-state index in [0.29, 0.717) is 11.3 Å². The minimum atomic E-state index is -0.221. The van der Waals surface area contributed by atoms with Gasteiger partial charge in [0, 0.05) is 40.5 Å². The number of benzene rings is 1. The SMILES string of the molecule is Cc1cc2c(cc1C#N)c(-c1cncc(N)c1C)cn2C1CC(O)C1. The molecule has 25 heavy (non-hydrogen) atoms. The van der Waals surface area contributed by atoms with Gasteiger partial charge in [-0.05, 0) is 49.9 Å². The van der Waals surface area contributed by atoms with Gasteiger partial charge in [0.25, 0.3) is 0 Å². The van der Waals surface area contributed by atoms with Crippen LogP contribution in [0.15, 0.2) is 30.7 Å². The molecule has 0 unspecified atom stereocenters. The molecule has 1 aromatic carbocycles. The predicted molar refractivity (Wildman–Crippen MR) is 98.0 cm³/mol. The van der Waals surface area contributed by atoms with Crippen molar-refractivity contribution in [3.8, 4) is 17.2 Å². The second kappa shape index (κ2) is 5.61. The summed E-state index contributed by atoms with van der Waals surface area (Å²) in [6.45, 7) is 3.94. The van der Waals surface area contributed by atoms with Gasteiger partial charge in [-0.1, -0.05) is 0 Å². The van der Waals surface area contributed by atoms with Gasteiger partial charge in [0.2, 0.25) is 0 Å². The molecule has 1 aliphatic carbocycles. The first kappa shape index (κ1) is 15.7. The fourth-order valence-electron chi connectivity index (χ4n) is 3.64. The van der Waals surface area contributed by atoms with Crippen LogP contribution in [0, 0.1) is 25.2 Å². The van der Waals surface area contributed by atoms with Crippen molar-refractivity contribution in [2.24, 2.45) is 0 Å². The van der Waals surface area contributed by atoms with Crippen LogP contribution in [0.2, 0.25) is 0 Å². The number of nitriles is 1. The highest BCUT2D eigenvalue weighted by Crippen LogP contribution is 2.41. The lowest BCUT2D eigenvalue weighted by Gasteiger charge is -2.33. The molecule has 1 aliphatic rings. The highest BCUT2D eigenvalue weighted by Gasteiger charge is 2.30. The van der Waals surface area contributed by atoms with Gasteiger partial charge in [0.1, 0.15) is 0 Å². The molecule has 0 aliphatic heterocycles. The summed E-state index contributed by atoms with van der Waals surface area (Å²) in [5, 5.41) is 20.2. The van der Waals surface area contributed by atoms with Crippen LogP contribution in [0.25, 0.3) is 22.0 Å². The topological polar surface area (TPSA) is 87.9 Å². The molecule has 0 atom stereocenters. The molecule has 0 saturated heterocycles. The maximum absolute atomic E-state index is 9.71. The van der Waals surface area contributed by atoms with Crippen LogP contribution < -0.4 is 5.73 Å². The first-order chi connectivity index (χ1) is 12.0. The van der Waals surface area contributed by atoms with Gasteiger partial charge in [-0.2, -0.15) is 5.26 Å². The van der Waals surface area contributed by atoms with Gasteiger partial charge in [-0.25, -0.2) is 0 Å². The Morgan fingerprint density at radius 2 is 2.00 bits per heavy atom. The Hall–Kier alpha value is -2.84. The molecule has 5 nitrogen and oxygen atoms in total. The molecule has 0 spiro atoms. The molecular weight excluding hydrogens is 312 g/mol. The van der Waals surface area contributed by atoms with Gasteiger partial charge in [0.05, 0.1) is 29.6 Å². The molecule has 2 aromatic heterocycles. The number of pyridine rings is 1. The van der Waals surface area contributed by atoms with E-state index in [1.54, 1.807) is 6.20 Å². The second-order valence-corrected chi connectivity index (χ2v) is 6.93. The summed E-state index contributed by atoms with van der Waals surface area (Å²) in [5.74, 6) is 0. The van der Waals surface area contributed by atoms with Crippen molar-refractivity contribution in [1.82, 2.24) is 9.55 Å². The van der Waals surface area contributed by atoms with E-state index in [1.807, 2.05) is 26.1 Å². The molecular formula is C20H20N4O. The standard InChI is InChI=1S/C20H20N4O/c1-11-3-20-16(4-13(11)7-21)18(10-24(20)14-5-15(25)6-14)17-8-23-9-19(22)12(17)2/h3-4,8-10,14-15,25H,5-6,22H2,1-2H3. The van der Waals surface area contributed by atoms with E-state index in [1.165, 1.54) is 0 Å². The number of aryl methyl sites for hydroxylation is 1. The van der Waals surface area contributed by atoms with Gasteiger partial charge in [-0.3, -0.25) is 4.98 Å². The zero-order valence-electron chi connectivity index (χ0n) is 14.3. The summed E-state index contributed by atoms with van der Waals surface area (Å²) >= 11 is 0. The van der Waals surface area contributed by atoms with Crippen LogP contribution in [0.5, 0.6) is 0 Å². The molecule has 1 saturated carbocycles. The number of aromatic nitrogens is 2. The van der Waals surface area contributed by atoms with Crippen molar-refractivity contribution in [2.45, 2.75) is 38.8 Å². The molecule has 5 heteroatoms. The average Bonchev–Trinajstić information content (AvgIpc) is 2.91. The van der Waals surface area contributed by atoms with Crippen molar-refractivity contribution in [1.29, 1.82) is 5.26 Å². The lowest BCUT2D eigenvalue weighted by molar-refractivity contribution is 0.0504. The molecule has 0 radical (unpaired) electrons. The number of hydrogen-bond acceptors (Lipinski definition) is 4. The number of nitrogen functional groups attached to an aromatic ring is 1. The number of fused-ring (bicyclic) bond motifs is 1. The summed E-state index contributed by atoms with van der Waals surface area (Å²) in [6, 6.07) is 6.58. The fraction of sp³-hybridized carbons (Fsp3) is 0.300. The quantitative estimate of drug-likeness (QED) is 0.752. The van der Waals surface area contributed by atoms with Gasteiger partial charge >= 0.3 is 0 Å². The largest absolute Gasteiger partial charge is 0.397 e. The third kappa shape index (κ3) is 2.38. The highest BCUT2D eigenvalue weighted by atomic mass is 16.3. The third-order valence-electron chi connectivity index (χ3n) is 5.33. The average molecular weight is 332 g/mol. The molecule has 3 aromatic rings. The lowest BCUT2D eigenvalue weighted by atomic mass is 9.89. The Bertz CT molecular complexity index is 1020. The van der Waals surface area contributed by atoms with Crippen LogP contribution in [0.4, 0.5) is 5.69 Å². The highest BCUT2D eigenvalue weighted by molar-refractivity contribution is 5.98. The van der Waals surface area contributed by atoms with E-state index >= 15 is 0 Å². The van der Waals surface area contributed by atoms with E-state index in [9.17, 15) is 10.4 Å². The Kier molecular flexibility index (Phi) is 3.52. The summed E-state index contributed by atoms with van der Waals surface area (Å²) in [7, 11) is 0. The number of hydrogen-bond donors (Lipinski definition) is 2. The Morgan fingerprint density at radius 3 is 2.68 bits per heavy atom. The molecule has 4 rings (SSSR count). The molecule has 2 heterocycles. The number of aliphatic hydroxyl groups excluding tert-OH is 1. The number of nitrogens with two attached hydrogens (primary N) is 1. The summed E-state index contributed by atoms with van der Waals surface area (Å²) in [5.41, 5.74) is 12.4. The van der Waals surface area contributed by atoms with Crippen LogP contribution in [0.1, 0.15) is 35.6 Å². The summed E-state index contributed by atoms with van der Waals surface area (Å²) in [4.78, 5) is 4.25. The van der Waals surface area contributed by atoms with Crippen molar-refractivity contribution in [3.63, 3.8) is 0 Å². The minimum Gasteiger partial charge on any atom is -0.397 e. The van der Waals surface area contributed by atoms with Gasteiger partial charge in [-0.15, -0.1) is 0 Å². The monoisotopic (exact) mass is 332 g/mol. The Morgan fingerprint density at radius 1 is 1.24 bits per heavy atom. The van der Waals surface area contributed by atoms with Crippen molar-refractivity contribution >= 4 is 16.6 Å². The van der Waals surface area contributed by atoms with Crippen LogP contribution in [-0.2, 0) is 0 Å². The number of anilines is 1. The maximum atomic E-state index is 9.71. The molecule has 0 bridgehead atoms. The third-order valence-corrected chi connectivity index (χ3v) is 5.33. The fourth-order valence-corrected chi connectivity index (χ4v) is 3.64. The first-order valence-corrected chi connectivity index (χ1v) is 8.43. The zero-order chi connectivity index (χ0) is 17.7. The summed E-state index contributed by atoms with van der Waals surface area (Å²) < 4.78 is 2.23. The van der Waals surface area contributed by atoms with Crippen molar-refractivity contribution in [3.05, 3.63) is 47.4 Å². The van der Waals surface area contributed by atoms with Crippen LogP contribution in [-0.4, -0.2) is 20.8 Å². The van der Waals surface area contributed by atoms with Crippen molar-refractivity contribution in [2.75, 3.05) is 5.73 Å². The normalized spacial score (nSPS) is 19.6. The number of rotatable bonds is 2. The number of aliphatic hydroxyl groups is 1. The van der Waals surface area contributed by atoms with E-state index in [-0.39, 0.29) is 12.1 Å². The zero-order valence-corrected chi connectivity index (χ0v) is 14.3. The molecule has 3 N–H and O–H groups in total. The molecule has 1 fully saturated rings. The Labute approximate surface area is 146 Å². The summed E-state index contributed by atoms with van der Waals surface area (Å²) in [6.07, 6.45) is 6.90. The van der Waals surface area contributed by atoms with E-state index in [4.69, 9.17) is 5.73 Å². The van der Waals surface area contributed by atoms with E-state index in [2.05, 4.69) is 27.9 Å². The lowest BCUT2D eigenvalue weighted by Crippen LogP contribution is -2.30.